The summed E-state index contributed by atoms with van der Waals surface area (Å²) in [5.41, 5.74) is 1.08. The number of thiophene rings is 1. The van der Waals surface area contributed by atoms with Gasteiger partial charge < -0.3 is 14.5 Å². The van der Waals surface area contributed by atoms with Crippen LogP contribution in [0.15, 0.2) is 16.7 Å². The van der Waals surface area contributed by atoms with Crippen molar-refractivity contribution in [2.45, 2.75) is 50.8 Å². The third kappa shape index (κ3) is 2.40. The summed E-state index contributed by atoms with van der Waals surface area (Å²) in [7, 11) is 0. The monoisotopic (exact) mass is 338 g/mol. The maximum atomic E-state index is 6.32. The summed E-state index contributed by atoms with van der Waals surface area (Å²) in [6, 6.07) is 2.50. The minimum absolute atomic E-state index is 0.0734. The topological polar surface area (TPSA) is 47.3 Å². The first-order chi connectivity index (χ1) is 10.6. The summed E-state index contributed by atoms with van der Waals surface area (Å²) in [6.45, 7) is 4.87. The number of aromatic nitrogens is 1. The van der Waals surface area contributed by atoms with Crippen LogP contribution in [-0.2, 0) is 16.8 Å². The van der Waals surface area contributed by atoms with E-state index >= 15 is 0 Å². The largest absolute Gasteiger partial charge is 0.444 e. The van der Waals surface area contributed by atoms with Gasteiger partial charge in [0.25, 0.3) is 0 Å². The Morgan fingerprint density at radius 2 is 2.32 bits per heavy atom. The Hall–Kier alpha value is -0.880. The molecular weight excluding hydrogens is 320 g/mol. The molecule has 1 spiro atoms. The molecule has 0 aliphatic carbocycles. The van der Waals surface area contributed by atoms with Crippen molar-refractivity contribution in [1.29, 1.82) is 0 Å². The first kappa shape index (κ1) is 14.7. The summed E-state index contributed by atoms with van der Waals surface area (Å²) in [6.07, 6.45) is 4.51. The molecule has 1 fully saturated rings. The van der Waals surface area contributed by atoms with Crippen LogP contribution in [0.1, 0.15) is 47.9 Å². The lowest BCUT2D eigenvalue weighted by molar-refractivity contribution is -0.0974. The zero-order valence-corrected chi connectivity index (χ0v) is 14.3. The van der Waals surface area contributed by atoms with Gasteiger partial charge in [-0.3, -0.25) is 0 Å². The van der Waals surface area contributed by atoms with Crippen LogP contribution in [0.25, 0.3) is 0 Å². The summed E-state index contributed by atoms with van der Waals surface area (Å²) in [5.74, 6) is 1.59. The van der Waals surface area contributed by atoms with Crippen LogP contribution in [0.5, 0.6) is 0 Å². The fraction of sp³-hybridized carbons (Fsp3) is 0.562. The van der Waals surface area contributed by atoms with Crippen molar-refractivity contribution in [2.75, 3.05) is 6.61 Å². The first-order valence-electron chi connectivity index (χ1n) is 7.67. The summed E-state index contributed by atoms with van der Waals surface area (Å²) in [4.78, 5) is 5.70. The molecule has 3 atom stereocenters. The molecule has 0 aromatic carbocycles. The summed E-state index contributed by atoms with van der Waals surface area (Å²) >= 11 is 7.92. The van der Waals surface area contributed by atoms with Gasteiger partial charge in [-0.1, -0.05) is 11.6 Å². The molecule has 6 heteroatoms. The van der Waals surface area contributed by atoms with E-state index in [-0.39, 0.29) is 11.6 Å². The predicted octanol–water partition coefficient (Wildman–Crippen LogP) is 3.98. The highest BCUT2D eigenvalue weighted by Gasteiger charge is 2.47. The van der Waals surface area contributed by atoms with Crippen LogP contribution < -0.4 is 5.32 Å². The Bertz CT molecular complexity index is 698. The number of nitrogens with zero attached hydrogens (tertiary/aromatic N) is 1. The highest BCUT2D eigenvalue weighted by atomic mass is 35.5. The number of fused-ring (bicyclic) bond motifs is 2. The van der Waals surface area contributed by atoms with Crippen molar-refractivity contribution >= 4 is 22.9 Å². The molecular formula is C16H19ClN2O2S. The van der Waals surface area contributed by atoms with E-state index in [0.717, 1.165) is 41.9 Å². The van der Waals surface area contributed by atoms with Gasteiger partial charge in [-0.2, -0.15) is 0 Å². The molecule has 118 valence electrons. The standard InChI is InChI=1S/C16H19ClN2O2S/c1-9-6-16(7-12(19-9)15-18-8-10(2)21-15)14-11(3-4-20-16)5-13(17)22-14/h5,8-9,12,19H,3-4,6-7H2,1-2H3/t9-,12-,16-/m0/s1. The lowest BCUT2D eigenvalue weighted by atomic mass is 9.80. The number of oxazole rings is 1. The predicted molar refractivity (Wildman–Crippen MR) is 86.5 cm³/mol. The van der Waals surface area contributed by atoms with E-state index in [1.807, 2.05) is 6.92 Å². The molecule has 22 heavy (non-hydrogen) atoms. The number of rotatable bonds is 1. The Morgan fingerprint density at radius 1 is 1.45 bits per heavy atom. The fourth-order valence-electron chi connectivity index (χ4n) is 3.75. The van der Waals surface area contributed by atoms with E-state index in [2.05, 4.69) is 23.3 Å². The van der Waals surface area contributed by atoms with Crippen LogP contribution in [0.3, 0.4) is 0 Å². The number of hydrogen-bond acceptors (Lipinski definition) is 5. The second kappa shape index (κ2) is 5.34. The molecule has 0 unspecified atom stereocenters. The van der Waals surface area contributed by atoms with Gasteiger partial charge in [0, 0.05) is 17.3 Å². The van der Waals surface area contributed by atoms with E-state index in [1.54, 1.807) is 17.5 Å². The molecule has 1 N–H and O–H groups in total. The normalized spacial score (nSPS) is 31.4. The van der Waals surface area contributed by atoms with Gasteiger partial charge >= 0.3 is 0 Å². The highest BCUT2D eigenvalue weighted by molar-refractivity contribution is 7.16. The van der Waals surface area contributed by atoms with Crippen molar-refractivity contribution in [3.8, 4) is 0 Å². The van der Waals surface area contributed by atoms with Crippen LogP contribution in [0.2, 0.25) is 4.34 Å². The van der Waals surface area contributed by atoms with Gasteiger partial charge in [-0.15, -0.1) is 11.3 Å². The van der Waals surface area contributed by atoms with Gasteiger partial charge in [-0.25, -0.2) is 4.98 Å². The molecule has 4 nitrogen and oxygen atoms in total. The smallest absolute Gasteiger partial charge is 0.211 e. The molecule has 2 aliphatic heterocycles. The number of halogens is 1. The second-order valence-electron chi connectivity index (χ2n) is 6.34. The molecule has 0 bridgehead atoms. The van der Waals surface area contributed by atoms with E-state index in [4.69, 9.17) is 20.8 Å². The highest BCUT2D eigenvalue weighted by Crippen LogP contribution is 2.49. The van der Waals surface area contributed by atoms with Crippen LogP contribution in [-0.4, -0.2) is 17.6 Å². The molecule has 2 aliphatic rings. The second-order valence-corrected chi connectivity index (χ2v) is 8.02. The van der Waals surface area contributed by atoms with E-state index in [0.29, 0.717) is 6.04 Å². The molecule has 0 radical (unpaired) electrons. The summed E-state index contributed by atoms with van der Waals surface area (Å²) < 4.78 is 12.9. The maximum Gasteiger partial charge on any atom is 0.211 e. The first-order valence-corrected chi connectivity index (χ1v) is 8.86. The van der Waals surface area contributed by atoms with Crippen LogP contribution in [0.4, 0.5) is 0 Å². The van der Waals surface area contributed by atoms with Crippen molar-refractivity contribution < 1.29 is 9.15 Å². The Kier molecular flexibility index (Phi) is 3.57. The summed E-state index contributed by atoms with van der Waals surface area (Å²) in [5, 5.41) is 3.59. The van der Waals surface area contributed by atoms with E-state index in [9.17, 15) is 0 Å². The number of piperidine rings is 1. The van der Waals surface area contributed by atoms with Gasteiger partial charge in [0.2, 0.25) is 5.89 Å². The third-order valence-corrected chi connectivity index (χ3v) is 6.03. The maximum absolute atomic E-state index is 6.32. The quantitative estimate of drug-likeness (QED) is 0.854. The zero-order valence-electron chi connectivity index (χ0n) is 12.7. The number of aryl methyl sites for hydroxylation is 1. The Balaban J connectivity index is 1.72. The average molecular weight is 339 g/mol. The molecule has 2 aromatic heterocycles. The Morgan fingerprint density at radius 3 is 3.09 bits per heavy atom. The number of hydrogen-bond donors (Lipinski definition) is 1. The lowest BCUT2D eigenvalue weighted by Crippen LogP contribution is -2.49. The van der Waals surface area contributed by atoms with Crippen molar-refractivity contribution in [3.05, 3.63) is 38.7 Å². The van der Waals surface area contributed by atoms with Gasteiger partial charge in [0.1, 0.15) is 11.4 Å². The molecule has 4 rings (SSSR count). The minimum Gasteiger partial charge on any atom is -0.444 e. The lowest BCUT2D eigenvalue weighted by Gasteiger charge is -2.45. The molecule has 4 heterocycles. The van der Waals surface area contributed by atoms with Crippen LogP contribution in [0, 0.1) is 6.92 Å². The number of ether oxygens (including phenoxy) is 1. The Labute approximate surface area is 138 Å². The molecule has 0 amide bonds. The minimum atomic E-state index is -0.261. The third-order valence-electron chi connectivity index (χ3n) is 4.54. The van der Waals surface area contributed by atoms with Crippen molar-refractivity contribution in [3.63, 3.8) is 0 Å². The SMILES string of the molecule is Cc1cnc([C@@H]2C[C@]3(C[C@H](C)N2)OCCc2cc(Cl)sc23)o1. The zero-order chi connectivity index (χ0) is 15.3. The molecule has 1 saturated heterocycles. The van der Waals surface area contributed by atoms with Crippen molar-refractivity contribution in [2.24, 2.45) is 0 Å². The van der Waals surface area contributed by atoms with E-state index in [1.165, 1.54) is 10.4 Å². The number of nitrogens with one attached hydrogen (secondary N) is 1. The van der Waals surface area contributed by atoms with E-state index < -0.39 is 0 Å². The molecule has 0 saturated carbocycles. The molecule has 2 aromatic rings. The van der Waals surface area contributed by atoms with Crippen molar-refractivity contribution in [1.82, 2.24) is 10.3 Å². The van der Waals surface area contributed by atoms with Gasteiger partial charge in [-0.05, 0) is 38.3 Å². The van der Waals surface area contributed by atoms with Crippen LogP contribution >= 0.6 is 22.9 Å². The van der Waals surface area contributed by atoms with Gasteiger partial charge in [0.15, 0.2) is 0 Å². The fourth-order valence-corrected chi connectivity index (χ4v) is 5.22. The average Bonchev–Trinajstić information content (AvgIpc) is 3.04. The van der Waals surface area contributed by atoms with Gasteiger partial charge in [0.05, 0.1) is 23.2 Å².